The second kappa shape index (κ2) is 15.6. The van der Waals surface area contributed by atoms with Gasteiger partial charge in [-0.2, -0.15) is 0 Å². The zero-order valence-electron chi connectivity index (χ0n) is 21.8. The van der Waals surface area contributed by atoms with E-state index in [2.05, 4.69) is 23.3 Å². The van der Waals surface area contributed by atoms with Crippen LogP contribution in [0, 0.1) is 0 Å². The summed E-state index contributed by atoms with van der Waals surface area (Å²) in [6.07, 6.45) is 16.1. The summed E-state index contributed by atoms with van der Waals surface area (Å²) in [7, 11) is 4.84. The smallest absolute Gasteiger partial charge is 0.244 e. The number of carbonyl (C=O) groups excluding carboxylic acids is 1. The van der Waals surface area contributed by atoms with Gasteiger partial charge in [-0.3, -0.25) is 9.78 Å². The van der Waals surface area contributed by atoms with Crippen LogP contribution < -0.4 is 19.5 Å². The second-order valence-corrected chi connectivity index (χ2v) is 8.55. The lowest BCUT2D eigenvalue weighted by Crippen LogP contribution is -2.31. The van der Waals surface area contributed by atoms with Crippen molar-refractivity contribution >= 4 is 11.5 Å². The molecule has 0 unspecified atom stereocenters. The zero-order valence-corrected chi connectivity index (χ0v) is 21.8. The van der Waals surface area contributed by atoms with Gasteiger partial charge in [0.15, 0.2) is 11.5 Å². The number of amides is 1. The topological polar surface area (TPSA) is 69.7 Å². The number of aryl methyl sites for hydroxylation is 1. The van der Waals surface area contributed by atoms with E-state index in [0.29, 0.717) is 17.2 Å². The Balaban J connectivity index is 2.06. The molecule has 1 aromatic carbocycles. The maximum absolute atomic E-state index is 12.5. The fraction of sp³-hybridized carbons (Fsp3) is 0.448. The largest absolute Gasteiger partial charge is 0.493 e. The van der Waals surface area contributed by atoms with Gasteiger partial charge in [-0.1, -0.05) is 38.0 Å². The Morgan fingerprint density at radius 2 is 1.86 bits per heavy atom. The van der Waals surface area contributed by atoms with Crippen LogP contribution in [0.5, 0.6) is 17.2 Å². The Morgan fingerprint density at radius 1 is 1.06 bits per heavy atom. The van der Waals surface area contributed by atoms with Crippen molar-refractivity contribution in [3.8, 4) is 17.2 Å². The molecule has 190 valence electrons. The van der Waals surface area contributed by atoms with Gasteiger partial charge in [0.1, 0.15) is 0 Å². The molecule has 0 radical (unpaired) electrons. The quantitative estimate of drug-likeness (QED) is 0.188. The van der Waals surface area contributed by atoms with Gasteiger partial charge in [-0.15, -0.1) is 0 Å². The molecular weight excluding hydrogens is 440 g/mol. The van der Waals surface area contributed by atoms with E-state index in [4.69, 9.17) is 14.2 Å². The number of unbranched alkanes of at least 4 members (excludes halogenated alkanes) is 2. The van der Waals surface area contributed by atoms with Gasteiger partial charge in [0.05, 0.1) is 21.3 Å². The van der Waals surface area contributed by atoms with Crippen LogP contribution in [0.4, 0.5) is 0 Å². The number of carbonyl (C=O) groups is 1. The first-order valence-corrected chi connectivity index (χ1v) is 12.4. The molecule has 2 rings (SSSR count). The maximum Gasteiger partial charge on any atom is 0.244 e. The van der Waals surface area contributed by atoms with Crippen molar-refractivity contribution in [1.82, 2.24) is 10.3 Å². The summed E-state index contributed by atoms with van der Waals surface area (Å²) in [4.78, 5) is 16.6. The molecule has 0 saturated carbocycles. The third-order valence-corrected chi connectivity index (χ3v) is 5.86. The molecule has 1 amide bonds. The average molecular weight is 481 g/mol. The minimum absolute atomic E-state index is 0.0951. The van der Waals surface area contributed by atoms with E-state index in [1.807, 2.05) is 43.5 Å². The number of rotatable bonds is 15. The summed E-state index contributed by atoms with van der Waals surface area (Å²) in [6, 6.07) is 8.00. The molecule has 0 aliphatic carbocycles. The van der Waals surface area contributed by atoms with Gasteiger partial charge in [0.2, 0.25) is 11.7 Å². The lowest BCUT2D eigenvalue weighted by atomic mass is 9.97. The van der Waals surface area contributed by atoms with Crippen molar-refractivity contribution in [3.63, 3.8) is 0 Å². The molecule has 1 aromatic heterocycles. The molecule has 35 heavy (non-hydrogen) atoms. The molecule has 1 N–H and O–H groups in total. The first-order chi connectivity index (χ1) is 17.0. The number of hydrogen-bond acceptors (Lipinski definition) is 5. The molecule has 6 nitrogen and oxygen atoms in total. The van der Waals surface area contributed by atoms with Gasteiger partial charge in [0.25, 0.3) is 0 Å². The SMILES string of the molecule is CCCCCC(=CC=CC(=O)N[C@H](C)CCCc1cccnc1)c1ccc(OC)c(OC)c1OC. The van der Waals surface area contributed by atoms with Crippen LogP contribution in [0.15, 0.2) is 54.9 Å². The van der Waals surface area contributed by atoms with Gasteiger partial charge >= 0.3 is 0 Å². The van der Waals surface area contributed by atoms with E-state index >= 15 is 0 Å². The van der Waals surface area contributed by atoms with Crippen LogP contribution in [0.2, 0.25) is 0 Å². The van der Waals surface area contributed by atoms with Crippen molar-refractivity contribution < 1.29 is 19.0 Å². The zero-order chi connectivity index (χ0) is 25.5. The molecule has 1 heterocycles. The van der Waals surface area contributed by atoms with Crippen LogP contribution in [0.1, 0.15) is 63.5 Å². The third kappa shape index (κ3) is 9.12. The maximum atomic E-state index is 12.5. The number of aromatic nitrogens is 1. The monoisotopic (exact) mass is 480 g/mol. The number of hydrogen-bond donors (Lipinski definition) is 1. The van der Waals surface area contributed by atoms with Crippen LogP contribution >= 0.6 is 0 Å². The first kappa shape index (κ1) is 28.0. The predicted octanol–water partition coefficient (Wildman–Crippen LogP) is 6.15. The van der Waals surface area contributed by atoms with Gasteiger partial charge in [-0.05, 0) is 68.4 Å². The minimum Gasteiger partial charge on any atom is -0.493 e. The van der Waals surface area contributed by atoms with Crippen LogP contribution in [0.3, 0.4) is 0 Å². The van der Waals surface area contributed by atoms with Crippen LogP contribution in [-0.4, -0.2) is 38.3 Å². The standard InChI is InChI=1S/C29H40N2O4/c1-6-7-8-15-24(25-18-19-26(33-3)29(35-5)28(25)34-4)16-10-17-27(32)31-22(2)12-9-13-23-14-11-20-30-21-23/h10-11,14,16-22H,6-9,12-13,15H2,1-5H3,(H,31,32)/t22-/m1/s1. The average Bonchev–Trinajstić information content (AvgIpc) is 2.87. The van der Waals surface area contributed by atoms with Crippen molar-refractivity contribution in [2.75, 3.05) is 21.3 Å². The van der Waals surface area contributed by atoms with E-state index in [1.165, 1.54) is 5.56 Å². The molecule has 6 heteroatoms. The highest BCUT2D eigenvalue weighted by atomic mass is 16.5. The highest BCUT2D eigenvalue weighted by molar-refractivity contribution is 5.88. The molecule has 0 spiro atoms. The van der Waals surface area contributed by atoms with Crippen molar-refractivity contribution in [1.29, 1.82) is 0 Å². The normalized spacial score (nSPS) is 12.4. The van der Waals surface area contributed by atoms with Crippen LogP contribution in [0.25, 0.3) is 5.57 Å². The van der Waals surface area contributed by atoms with Crippen molar-refractivity contribution in [2.45, 2.75) is 64.8 Å². The Labute approximate surface area is 210 Å². The molecule has 2 aromatic rings. The van der Waals surface area contributed by atoms with E-state index in [9.17, 15) is 4.79 Å². The number of nitrogens with one attached hydrogen (secondary N) is 1. The number of pyridine rings is 1. The van der Waals surface area contributed by atoms with Gasteiger partial charge < -0.3 is 19.5 Å². The molecule has 0 aliphatic heterocycles. The fourth-order valence-corrected chi connectivity index (χ4v) is 4.00. The lowest BCUT2D eigenvalue weighted by Gasteiger charge is -2.17. The summed E-state index contributed by atoms with van der Waals surface area (Å²) in [5.41, 5.74) is 3.25. The summed E-state index contributed by atoms with van der Waals surface area (Å²) >= 11 is 0. The Morgan fingerprint density at radius 3 is 2.51 bits per heavy atom. The number of ether oxygens (including phenoxy) is 3. The molecule has 0 bridgehead atoms. The van der Waals surface area contributed by atoms with Crippen molar-refractivity contribution in [3.05, 3.63) is 66.0 Å². The third-order valence-electron chi connectivity index (χ3n) is 5.86. The van der Waals surface area contributed by atoms with Gasteiger partial charge in [-0.25, -0.2) is 0 Å². The Hall–Kier alpha value is -3.28. The molecule has 1 atom stereocenters. The van der Waals surface area contributed by atoms with Gasteiger partial charge in [0, 0.05) is 30.1 Å². The van der Waals surface area contributed by atoms with E-state index in [1.54, 1.807) is 33.6 Å². The fourth-order valence-electron chi connectivity index (χ4n) is 4.00. The Kier molecular flexibility index (Phi) is 12.5. The number of benzene rings is 1. The number of methoxy groups -OCH3 is 3. The van der Waals surface area contributed by atoms with E-state index < -0.39 is 0 Å². The molecular formula is C29H40N2O4. The van der Waals surface area contributed by atoms with Crippen molar-refractivity contribution in [2.24, 2.45) is 0 Å². The minimum atomic E-state index is -0.0951. The molecule has 0 saturated heterocycles. The highest BCUT2D eigenvalue weighted by Crippen LogP contribution is 2.43. The number of nitrogens with zero attached hydrogens (tertiary/aromatic N) is 1. The molecule has 0 aliphatic rings. The Bertz CT molecular complexity index is 970. The van der Waals surface area contributed by atoms with Crippen LogP contribution in [-0.2, 0) is 11.2 Å². The first-order valence-electron chi connectivity index (χ1n) is 12.4. The highest BCUT2D eigenvalue weighted by Gasteiger charge is 2.18. The summed E-state index contributed by atoms with van der Waals surface area (Å²) < 4.78 is 16.7. The lowest BCUT2D eigenvalue weighted by molar-refractivity contribution is -0.117. The predicted molar refractivity (Wildman–Crippen MR) is 142 cm³/mol. The second-order valence-electron chi connectivity index (χ2n) is 8.55. The molecule has 0 fully saturated rings. The van der Waals surface area contributed by atoms with E-state index in [-0.39, 0.29) is 11.9 Å². The summed E-state index contributed by atoms with van der Waals surface area (Å²) in [6.45, 7) is 4.22. The summed E-state index contributed by atoms with van der Waals surface area (Å²) in [5.74, 6) is 1.72. The number of allylic oxidation sites excluding steroid dienone is 3. The van der Waals surface area contributed by atoms with E-state index in [0.717, 1.165) is 56.1 Å². The summed E-state index contributed by atoms with van der Waals surface area (Å²) in [5, 5.41) is 3.06.